The monoisotopic (exact) mass is 424 g/mol. The van der Waals surface area contributed by atoms with E-state index < -0.39 is 33.6 Å². The Bertz CT molecular complexity index is 1000. The van der Waals surface area contributed by atoms with Gasteiger partial charge in [-0.05, 0) is 56.5 Å². The summed E-state index contributed by atoms with van der Waals surface area (Å²) in [5, 5.41) is 2.64. The highest BCUT2D eigenvalue weighted by atomic mass is 32.2. The maximum atomic E-state index is 13.8. The molecule has 156 valence electrons. The quantitative estimate of drug-likeness (QED) is 0.683. The van der Waals surface area contributed by atoms with E-state index in [0.717, 1.165) is 25.0 Å². The molecule has 0 radical (unpaired) electrons. The van der Waals surface area contributed by atoms with E-state index in [2.05, 4.69) is 10.0 Å². The standard InChI is InChI=1S/C20H22F2N2O4S/c1-12(10-15-16(21)4-3-5-17(15)22)23-20(25)13-6-9-18(28-2)19(11-13)29(26,27)24-14-7-8-14/h3-6,9,11-12,14,24H,7-8,10H2,1-2H3,(H,23,25). The molecule has 0 spiro atoms. The zero-order valence-corrected chi connectivity index (χ0v) is 16.9. The molecule has 3 rings (SSSR count). The number of sulfonamides is 1. The van der Waals surface area contributed by atoms with Crippen molar-refractivity contribution in [1.29, 1.82) is 0 Å². The maximum absolute atomic E-state index is 13.8. The molecule has 0 aromatic heterocycles. The fourth-order valence-corrected chi connectivity index (χ4v) is 4.40. The van der Waals surface area contributed by atoms with E-state index in [-0.39, 0.29) is 34.2 Å². The first-order valence-corrected chi connectivity index (χ1v) is 10.6. The molecule has 1 amide bonds. The summed E-state index contributed by atoms with van der Waals surface area (Å²) in [4.78, 5) is 12.4. The van der Waals surface area contributed by atoms with E-state index in [1.807, 2.05) is 0 Å². The molecule has 1 unspecified atom stereocenters. The lowest BCUT2D eigenvalue weighted by molar-refractivity contribution is 0.0939. The van der Waals surface area contributed by atoms with Crippen molar-refractivity contribution >= 4 is 15.9 Å². The van der Waals surface area contributed by atoms with Crippen LogP contribution in [0.25, 0.3) is 0 Å². The van der Waals surface area contributed by atoms with Gasteiger partial charge in [0.2, 0.25) is 10.0 Å². The normalized spacial score (nSPS) is 15.0. The van der Waals surface area contributed by atoms with Gasteiger partial charge in [-0.1, -0.05) is 6.07 Å². The van der Waals surface area contributed by atoms with Gasteiger partial charge in [0, 0.05) is 23.2 Å². The Labute approximate surface area is 168 Å². The van der Waals surface area contributed by atoms with Crippen molar-refractivity contribution in [3.8, 4) is 5.75 Å². The van der Waals surface area contributed by atoms with Crippen LogP contribution in [0, 0.1) is 11.6 Å². The minimum absolute atomic E-state index is 0.0468. The minimum Gasteiger partial charge on any atom is -0.495 e. The Kier molecular flexibility index (Phi) is 6.18. The third kappa shape index (κ3) is 5.10. The molecule has 0 bridgehead atoms. The molecule has 2 aromatic carbocycles. The fraction of sp³-hybridized carbons (Fsp3) is 0.350. The smallest absolute Gasteiger partial charge is 0.251 e. The number of hydrogen-bond donors (Lipinski definition) is 2. The molecule has 2 aromatic rings. The zero-order valence-electron chi connectivity index (χ0n) is 16.0. The Hall–Kier alpha value is -2.52. The van der Waals surface area contributed by atoms with E-state index in [4.69, 9.17) is 4.74 Å². The van der Waals surface area contributed by atoms with Gasteiger partial charge in [-0.25, -0.2) is 21.9 Å². The van der Waals surface area contributed by atoms with Crippen LogP contribution in [0.2, 0.25) is 0 Å². The Morgan fingerprint density at radius 1 is 1.21 bits per heavy atom. The number of amides is 1. The zero-order chi connectivity index (χ0) is 21.2. The number of halogens is 2. The van der Waals surface area contributed by atoms with Gasteiger partial charge in [-0.2, -0.15) is 0 Å². The highest BCUT2D eigenvalue weighted by molar-refractivity contribution is 7.89. The number of hydrogen-bond acceptors (Lipinski definition) is 4. The van der Waals surface area contributed by atoms with Gasteiger partial charge in [0.15, 0.2) is 0 Å². The topological polar surface area (TPSA) is 84.5 Å². The van der Waals surface area contributed by atoms with Crippen molar-refractivity contribution in [2.45, 2.75) is 43.2 Å². The molecule has 0 saturated heterocycles. The Balaban J connectivity index is 1.77. The number of carbonyl (C=O) groups is 1. The van der Waals surface area contributed by atoms with Gasteiger partial charge in [-0.15, -0.1) is 0 Å². The summed E-state index contributed by atoms with van der Waals surface area (Å²) in [6.07, 6.45) is 1.49. The largest absolute Gasteiger partial charge is 0.495 e. The van der Waals surface area contributed by atoms with Crippen LogP contribution >= 0.6 is 0 Å². The second kappa shape index (κ2) is 8.46. The molecule has 1 saturated carbocycles. The summed E-state index contributed by atoms with van der Waals surface area (Å²) in [6.45, 7) is 1.61. The molecule has 9 heteroatoms. The molecule has 29 heavy (non-hydrogen) atoms. The van der Waals surface area contributed by atoms with Gasteiger partial charge >= 0.3 is 0 Å². The molecular weight excluding hydrogens is 402 g/mol. The average molecular weight is 424 g/mol. The molecule has 2 N–H and O–H groups in total. The fourth-order valence-electron chi connectivity index (χ4n) is 2.90. The lowest BCUT2D eigenvalue weighted by Gasteiger charge is -2.16. The highest BCUT2D eigenvalue weighted by Gasteiger charge is 2.30. The molecule has 1 aliphatic carbocycles. The van der Waals surface area contributed by atoms with Crippen LogP contribution in [0.4, 0.5) is 8.78 Å². The first kappa shape index (κ1) is 21.2. The summed E-state index contributed by atoms with van der Waals surface area (Å²) >= 11 is 0. The van der Waals surface area contributed by atoms with Gasteiger partial charge in [-0.3, -0.25) is 4.79 Å². The third-order valence-electron chi connectivity index (χ3n) is 4.56. The second-order valence-corrected chi connectivity index (χ2v) is 8.72. The summed E-state index contributed by atoms with van der Waals surface area (Å²) < 4.78 is 60.4. The number of carbonyl (C=O) groups excluding carboxylic acids is 1. The molecule has 6 nitrogen and oxygen atoms in total. The van der Waals surface area contributed by atoms with Gasteiger partial charge < -0.3 is 10.1 Å². The molecule has 0 aliphatic heterocycles. The third-order valence-corrected chi connectivity index (χ3v) is 6.11. The number of rotatable bonds is 8. The second-order valence-electron chi connectivity index (χ2n) is 7.04. The number of benzene rings is 2. The van der Waals surface area contributed by atoms with Crippen LogP contribution in [0.5, 0.6) is 5.75 Å². The summed E-state index contributed by atoms with van der Waals surface area (Å²) in [6, 6.07) is 6.96. The van der Waals surface area contributed by atoms with E-state index in [1.54, 1.807) is 6.92 Å². The predicted molar refractivity (Wildman–Crippen MR) is 103 cm³/mol. The lowest BCUT2D eigenvalue weighted by Crippen LogP contribution is -2.34. The molecule has 0 heterocycles. The van der Waals surface area contributed by atoms with Gasteiger partial charge in [0.05, 0.1) is 7.11 Å². The van der Waals surface area contributed by atoms with Gasteiger partial charge in [0.1, 0.15) is 22.3 Å². The van der Waals surface area contributed by atoms with Crippen LogP contribution in [-0.4, -0.2) is 33.5 Å². The van der Waals surface area contributed by atoms with Crippen LogP contribution in [0.1, 0.15) is 35.7 Å². The van der Waals surface area contributed by atoms with Crippen molar-refractivity contribution < 1.29 is 26.7 Å². The van der Waals surface area contributed by atoms with Crippen molar-refractivity contribution in [2.24, 2.45) is 0 Å². The Morgan fingerprint density at radius 3 is 2.45 bits per heavy atom. The van der Waals surface area contributed by atoms with Crippen molar-refractivity contribution in [2.75, 3.05) is 7.11 Å². The number of nitrogens with one attached hydrogen (secondary N) is 2. The summed E-state index contributed by atoms with van der Waals surface area (Å²) in [5.74, 6) is -1.80. The van der Waals surface area contributed by atoms with E-state index in [0.29, 0.717) is 0 Å². The van der Waals surface area contributed by atoms with Crippen LogP contribution in [0.15, 0.2) is 41.3 Å². The molecule has 1 aliphatic rings. The summed E-state index contributed by atoms with van der Waals surface area (Å²) in [7, 11) is -2.49. The van der Waals surface area contributed by atoms with Crippen molar-refractivity contribution in [3.63, 3.8) is 0 Å². The number of ether oxygens (including phenoxy) is 1. The number of methoxy groups -OCH3 is 1. The highest BCUT2D eigenvalue weighted by Crippen LogP contribution is 2.28. The van der Waals surface area contributed by atoms with Crippen LogP contribution in [-0.2, 0) is 16.4 Å². The lowest BCUT2D eigenvalue weighted by atomic mass is 10.1. The van der Waals surface area contributed by atoms with Crippen molar-refractivity contribution in [1.82, 2.24) is 10.0 Å². The molecule has 1 atom stereocenters. The van der Waals surface area contributed by atoms with Gasteiger partial charge in [0.25, 0.3) is 5.91 Å². The SMILES string of the molecule is COc1ccc(C(=O)NC(C)Cc2c(F)cccc2F)cc1S(=O)(=O)NC1CC1. The van der Waals surface area contributed by atoms with Crippen molar-refractivity contribution in [3.05, 3.63) is 59.2 Å². The summed E-state index contributed by atoms with van der Waals surface area (Å²) in [5.41, 5.74) is -0.0187. The van der Waals surface area contributed by atoms with Crippen LogP contribution < -0.4 is 14.8 Å². The van der Waals surface area contributed by atoms with Crippen LogP contribution in [0.3, 0.4) is 0 Å². The minimum atomic E-state index is -3.84. The van der Waals surface area contributed by atoms with E-state index in [9.17, 15) is 22.0 Å². The predicted octanol–water partition coefficient (Wildman–Crippen LogP) is 2.78. The Morgan fingerprint density at radius 2 is 1.86 bits per heavy atom. The van der Waals surface area contributed by atoms with E-state index in [1.165, 1.54) is 31.4 Å². The molecular formula is C20H22F2N2O4S. The first-order chi connectivity index (χ1) is 13.7. The molecule has 1 fully saturated rings. The van der Waals surface area contributed by atoms with E-state index >= 15 is 0 Å². The maximum Gasteiger partial charge on any atom is 0.251 e. The first-order valence-electron chi connectivity index (χ1n) is 9.15. The average Bonchev–Trinajstić information content (AvgIpc) is 3.47.